The van der Waals surface area contributed by atoms with E-state index in [1.54, 1.807) is 6.07 Å². The van der Waals surface area contributed by atoms with E-state index < -0.39 is 16.7 Å². The van der Waals surface area contributed by atoms with Crippen LogP contribution in [-0.4, -0.2) is 60.9 Å². The van der Waals surface area contributed by atoms with Crippen molar-refractivity contribution in [3.05, 3.63) is 64.7 Å². The Bertz CT molecular complexity index is 882. The highest BCUT2D eigenvalue weighted by atomic mass is 16.6. The molecular formula is C21H25N5O4. The molecule has 1 aliphatic heterocycles. The summed E-state index contributed by atoms with van der Waals surface area (Å²) < 4.78 is 0. The highest BCUT2D eigenvalue weighted by molar-refractivity contribution is 6.39. The van der Waals surface area contributed by atoms with E-state index in [2.05, 4.69) is 32.6 Å². The highest BCUT2D eigenvalue weighted by Gasteiger charge is 2.20. The van der Waals surface area contributed by atoms with Gasteiger partial charge < -0.3 is 15.5 Å². The fourth-order valence-electron chi connectivity index (χ4n) is 3.37. The van der Waals surface area contributed by atoms with E-state index in [1.165, 1.54) is 23.9 Å². The van der Waals surface area contributed by atoms with Crippen LogP contribution < -0.4 is 15.5 Å². The number of benzene rings is 2. The zero-order chi connectivity index (χ0) is 21.3. The van der Waals surface area contributed by atoms with E-state index in [0.717, 1.165) is 39.1 Å². The Balaban J connectivity index is 1.35. The Kier molecular flexibility index (Phi) is 7.34. The van der Waals surface area contributed by atoms with Gasteiger partial charge in [-0.25, -0.2) is 0 Å². The van der Waals surface area contributed by atoms with Crippen molar-refractivity contribution in [2.24, 2.45) is 0 Å². The third-order valence-corrected chi connectivity index (χ3v) is 4.99. The summed E-state index contributed by atoms with van der Waals surface area (Å²) in [6.45, 7) is 4.99. The van der Waals surface area contributed by atoms with Gasteiger partial charge in [0.1, 0.15) is 5.69 Å². The van der Waals surface area contributed by atoms with E-state index in [9.17, 15) is 19.7 Å². The first-order chi connectivity index (χ1) is 14.5. The molecule has 2 aromatic rings. The number of nitro benzene ring substituents is 1. The lowest BCUT2D eigenvalue weighted by Gasteiger charge is -2.36. The van der Waals surface area contributed by atoms with Crippen LogP contribution in [-0.2, 0) is 9.59 Å². The molecule has 0 spiro atoms. The normalized spacial score (nSPS) is 14.2. The number of nitrogens with one attached hydrogen (secondary N) is 2. The summed E-state index contributed by atoms with van der Waals surface area (Å²) in [5.41, 5.74) is 0.973. The lowest BCUT2D eigenvalue weighted by atomic mass is 10.2. The van der Waals surface area contributed by atoms with Gasteiger partial charge in [0.2, 0.25) is 0 Å². The molecule has 0 bridgehead atoms. The van der Waals surface area contributed by atoms with E-state index in [0.29, 0.717) is 6.54 Å². The number of amides is 2. The summed E-state index contributed by atoms with van der Waals surface area (Å²) in [5.74, 6) is -1.72. The molecule has 3 rings (SSSR count). The van der Waals surface area contributed by atoms with Gasteiger partial charge in [-0.3, -0.25) is 24.6 Å². The minimum atomic E-state index is -0.916. The van der Waals surface area contributed by atoms with Gasteiger partial charge in [0.15, 0.2) is 0 Å². The van der Waals surface area contributed by atoms with Gasteiger partial charge in [0.25, 0.3) is 5.69 Å². The van der Waals surface area contributed by atoms with E-state index >= 15 is 0 Å². The molecule has 30 heavy (non-hydrogen) atoms. The molecule has 0 aliphatic carbocycles. The zero-order valence-electron chi connectivity index (χ0n) is 16.6. The van der Waals surface area contributed by atoms with Crippen LogP contribution in [0.25, 0.3) is 0 Å². The first-order valence-corrected chi connectivity index (χ1v) is 9.89. The van der Waals surface area contributed by atoms with Crippen molar-refractivity contribution in [1.82, 2.24) is 10.2 Å². The van der Waals surface area contributed by atoms with Crippen molar-refractivity contribution in [1.29, 1.82) is 0 Å². The van der Waals surface area contributed by atoms with Crippen molar-refractivity contribution >= 4 is 28.9 Å². The number of nitro groups is 1. The van der Waals surface area contributed by atoms with Gasteiger partial charge >= 0.3 is 11.8 Å². The van der Waals surface area contributed by atoms with E-state index in [1.807, 2.05) is 18.2 Å². The summed E-state index contributed by atoms with van der Waals surface area (Å²) in [5, 5.41) is 15.8. The van der Waals surface area contributed by atoms with Gasteiger partial charge in [0.05, 0.1) is 4.92 Å². The molecular weight excluding hydrogens is 386 g/mol. The first-order valence-electron chi connectivity index (χ1n) is 9.89. The van der Waals surface area contributed by atoms with Crippen molar-refractivity contribution in [2.45, 2.75) is 6.42 Å². The number of anilines is 2. The average molecular weight is 411 g/mol. The van der Waals surface area contributed by atoms with Gasteiger partial charge in [-0.15, -0.1) is 0 Å². The number of carbonyl (C=O) groups is 2. The Morgan fingerprint density at radius 2 is 1.60 bits per heavy atom. The number of piperazine rings is 1. The maximum Gasteiger partial charge on any atom is 0.313 e. The molecule has 1 aliphatic rings. The lowest BCUT2D eigenvalue weighted by Crippen LogP contribution is -2.47. The summed E-state index contributed by atoms with van der Waals surface area (Å²) in [4.78, 5) is 39.0. The molecule has 2 aromatic carbocycles. The van der Waals surface area contributed by atoms with Crippen LogP contribution in [0.4, 0.5) is 17.1 Å². The highest BCUT2D eigenvalue weighted by Crippen LogP contribution is 2.22. The molecule has 0 atom stereocenters. The van der Waals surface area contributed by atoms with Crippen molar-refractivity contribution in [3.8, 4) is 0 Å². The van der Waals surface area contributed by atoms with Crippen LogP contribution in [0.15, 0.2) is 54.6 Å². The van der Waals surface area contributed by atoms with Crippen molar-refractivity contribution in [3.63, 3.8) is 0 Å². The average Bonchev–Trinajstić information content (AvgIpc) is 2.77. The third-order valence-electron chi connectivity index (χ3n) is 4.99. The molecule has 158 valence electrons. The van der Waals surface area contributed by atoms with Gasteiger partial charge in [-0.05, 0) is 31.2 Å². The van der Waals surface area contributed by atoms with Gasteiger partial charge in [0, 0.05) is 44.5 Å². The molecule has 9 heteroatoms. The molecule has 1 heterocycles. The molecule has 1 saturated heterocycles. The van der Waals surface area contributed by atoms with Crippen LogP contribution in [0.2, 0.25) is 0 Å². The molecule has 0 unspecified atom stereocenters. The van der Waals surface area contributed by atoms with Crippen LogP contribution >= 0.6 is 0 Å². The van der Waals surface area contributed by atoms with Crippen LogP contribution in [0.3, 0.4) is 0 Å². The minimum Gasteiger partial charge on any atom is -0.369 e. The Hall–Kier alpha value is -3.46. The lowest BCUT2D eigenvalue weighted by molar-refractivity contribution is -0.383. The molecule has 0 saturated carbocycles. The summed E-state index contributed by atoms with van der Waals surface area (Å²) in [6.07, 6.45) is 0.718. The first kappa shape index (κ1) is 21.3. The molecule has 9 nitrogen and oxygen atoms in total. The largest absolute Gasteiger partial charge is 0.369 e. The quantitative estimate of drug-likeness (QED) is 0.312. The van der Waals surface area contributed by atoms with Crippen LogP contribution in [0.1, 0.15) is 6.42 Å². The van der Waals surface area contributed by atoms with Crippen molar-refractivity contribution in [2.75, 3.05) is 49.5 Å². The van der Waals surface area contributed by atoms with E-state index in [-0.39, 0.29) is 11.4 Å². The molecule has 0 radical (unpaired) electrons. The molecule has 1 fully saturated rings. The fraction of sp³-hybridized carbons (Fsp3) is 0.333. The number of para-hydroxylation sites is 3. The van der Waals surface area contributed by atoms with E-state index in [4.69, 9.17) is 0 Å². The number of nitrogens with zero attached hydrogens (tertiary/aromatic N) is 3. The summed E-state index contributed by atoms with van der Waals surface area (Å²) >= 11 is 0. The Morgan fingerprint density at radius 3 is 2.30 bits per heavy atom. The molecule has 2 N–H and O–H groups in total. The predicted octanol–water partition coefficient (Wildman–Crippen LogP) is 1.86. The maximum absolute atomic E-state index is 12.0. The summed E-state index contributed by atoms with van der Waals surface area (Å²) in [6, 6.07) is 16.0. The molecule has 2 amide bonds. The standard InChI is InChI=1S/C21H25N5O4/c27-20(21(28)23-18-9-4-5-10-19(18)26(29)30)22-11-6-12-24-13-15-25(16-14-24)17-7-2-1-3-8-17/h1-5,7-10H,6,11-16H2,(H,22,27)(H,23,28). The number of rotatable bonds is 7. The molecule has 0 aromatic heterocycles. The van der Waals surface area contributed by atoms with Crippen molar-refractivity contribution < 1.29 is 14.5 Å². The predicted molar refractivity (Wildman–Crippen MR) is 114 cm³/mol. The smallest absolute Gasteiger partial charge is 0.313 e. The summed E-state index contributed by atoms with van der Waals surface area (Å²) in [7, 11) is 0. The second-order valence-electron chi connectivity index (χ2n) is 7.00. The zero-order valence-corrected chi connectivity index (χ0v) is 16.6. The van der Waals surface area contributed by atoms with Gasteiger partial charge in [-0.1, -0.05) is 30.3 Å². The Labute approximate surface area is 174 Å². The second-order valence-corrected chi connectivity index (χ2v) is 7.00. The Morgan fingerprint density at radius 1 is 0.933 bits per heavy atom. The van der Waals surface area contributed by atoms with Crippen LogP contribution in [0, 0.1) is 10.1 Å². The monoisotopic (exact) mass is 411 g/mol. The second kappa shape index (κ2) is 10.4. The third kappa shape index (κ3) is 5.77. The maximum atomic E-state index is 12.0. The number of carbonyl (C=O) groups excluding carboxylic acids is 2. The SMILES string of the molecule is O=C(NCCCN1CCN(c2ccccc2)CC1)C(=O)Nc1ccccc1[N+](=O)[O-]. The van der Waals surface area contributed by atoms with Gasteiger partial charge in [-0.2, -0.15) is 0 Å². The fourth-order valence-corrected chi connectivity index (χ4v) is 3.37. The minimum absolute atomic E-state index is 0.000984. The number of hydrogen-bond acceptors (Lipinski definition) is 6. The topological polar surface area (TPSA) is 108 Å². The number of hydrogen-bond donors (Lipinski definition) is 2. The van der Waals surface area contributed by atoms with Crippen LogP contribution in [0.5, 0.6) is 0 Å².